The molecule has 0 bridgehead atoms. The highest BCUT2D eigenvalue weighted by molar-refractivity contribution is 8.07. The lowest BCUT2D eigenvalue weighted by Gasteiger charge is -2.12. The molecule has 2 heterocycles. The van der Waals surface area contributed by atoms with Gasteiger partial charge >= 0.3 is 0 Å². The van der Waals surface area contributed by atoms with Gasteiger partial charge in [0.2, 0.25) is 0 Å². The summed E-state index contributed by atoms with van der Waals surface area (Å²) in [6.07, 6.45) is 6.61. The van der Waals surface area contributed by atoms with Crippen molar-refractivity contribution >= 4 is 57.0 Å². The average molecular weight is 463 g/mol. The SMILES string of the molecule is C/C=C(\SC)c1cc(Cl)cc(Sc2nc3c(N)ncnc3n2CCCNC(C)C)c1. The van der Waals surface area contributed by atoms with Gasteiger partial charge in [0, 0.05) is 27.4 Å². The minimum Gasteiger partial charge on any atom is -0.382 e. The molecule has 0 saturated heterocycles. The van der Waals surface area contributed by atoms with Crippen LogP contribution in [-0.2, 0) is 6.54 Å². The van der Waals surface area contributed by atoms with Gasteiger partial charge in [-0.1, -0.05) is 43.3 Å². The van der Waals surface area contributed by atoms with E-state index in [0.717, 1.165) is 40.8 Å². The van der Waals surface area contributed by atoms with Crippen LogP contribution in [0.2, 0.25) is 5.02 Å². The fraction of sp³-hybridized carbons (Fsp3) is 0.381. The molecule has 0 fully saturated rings. The molecule has 0 atom stereocenters. The van der Waals surface area contributed by atoms with E-state index >= 15 is 0 Å². The highest BCUT2D eigenvalue weighted by Crippen LogP contribution is 2.36. The van der Waals surface area contributed by atoms with E-state index in [4.69, 9.17) is 22.3 Å². The summed E-state index contributed by atoms with van der Waals surface area (Å²) in [7, 11) is 0. The second kappa shape index (κ2) is 10.5. The lowest BCUT2D eigenvalue weighted by Crippen LogP contribution is -2.24. The standard InChI is InChI=1S/C21H27ClN6S2/c1-5-17(29-4)14-9-15(22)11-16(10-14)30-21-27-18-19(23)25-12-26-20(18)28(21)8-6-7-24-13(2)3/h5,9-13,24H,6-8H2,1-4H3,(H2,23,25,26)/b17-5-. The predicted octanol–water partition coefficient (Wildman–Crippen LogP) is 5.33. The van der Waals surface area contributed by atoms with Crippen LogP contribution in [0.1, 0.15) is 32.8 Å². The normalized spacial score (nSPS) is 12.3. The minimum absolute atomic E-state index is 0.395. The van der Waals surface area contributed by atoms with E-state index in [2.05, 4.69) is 52.1 Å². The number of nitrogens with two attached hydrogens (primary N) is 1. The monoisotopic (exact) mass is 462 g/mol. The van der Waals surface area contributed by atoms with Gasteiger partial charge in [0.05, 0.1) is 0 Å². The second-order valence-electron chi connectivity index (χ2n) is 7.07. The first-order chi connectivity index (χ1) is 14.4. The van der Waals surface area contributed by atoms with Crippen LogP contribution in [0.15, 0.2) is 40.7 Å². The number of allylic oxidation sites excluding steroid dienone is 1. The molecule has 0 amide bonds. The van der Waals surface area contributed by atoms with Gasteiger partial charge in [-0.05, 0) is 49.9 Å². The number of nitrogen functional groups attached to an aromatic ring is 1. The number of aromatic nitrogens is 4. The van der Waals surface area contributed by atoms with Gasteiger partial charge in [-0.15, -0.1) is 11.8 Å². The fourth-order valence-corrected chi connectivity index (χ4v) is 5.01. The molecule has 0 unspecified atom stereocenters. The number of nitrogens with zero attached hydrogens (tertiary/aromatic N) is 4. The van der Waals surface area contributed by atoms with Crippen LogP contribution in [-0.4, -0.2) is 38.4 Å². The Morgan fingerprint density at radius 2 is 2.10 bits per heavy atom. The van der Waals surface area contributed by atoms with E-state index in [0.29, 0.717) is 22.4 Å². The lowest BCUT2D eigenvalue weighted by molar-refractivity contribution is 0.525. The molecule has 3 N–H and O–H groups in total. The summed E-state index contributed by atoms with van der Waals surface area (Å²) in [4.78, 5) is 15.5. The van der Waals surface area contributed by atoms with Crippen LogP contribution < -0.4 is 11.1 Å². The molecule has 0 spiro atoms. The smallest absolute Gasteiger partial charge is 0.175 e. The molecule has 6 nitrogen and oxygen atoms in total. The van der Waals surface area contributed by atoms with Crippen molar-refractivity contribution in [3.63, 3.8) is 0 Å². The topological polar surface area (TPSA) is 81.7 Å². The van der Waals surface area contributed by atoms with Crippen LogP contribution >= 0.6 is 35.1 Å². The Hall–Kier alpha value is -1.74. The van der Waals surface area contributed by atoms with Crippen LogP contribution in [0.4, 0.5) is 5.82 Å². The van der Waals surface area contributed by atoms with Crippen LogP contribution in [0.5, 0.6) is 0 Å². The van der Waals surface area contributed by atoms with Crippen molar-refractivity contribution in [1.29, 1.82) is 0 Å². The molecule has 0 aliphatic heterocycles. The summed E-state index contributed by atoms with van der Waals surface area (Å²) >= 11 is 9.69. The third-order valence-electron chi connectivity index (χ3n) is 4.48. The summed E-state index contributed by atoms with van der Waals surface area (Å²) in [6.45, 7) is 8.03. The van der Waals surface area contributed by atoms with Crippen molar-refractivity contribution in [2.75, 3.05) is 18.5 Å². The van der Waals surface area contributed by atoms with E-state index in [1.54, 1.807) is 23.5 Å². The van der Waals surface area contributed by atoms with Crippen LogP contribution in [0, 0.1) is 0 Å². The van der Waals surface area contributed by atoms with Crippen molar-refractivity contribution in [3.05, 3.63) is 41.2 Å². The first-order valence-electron chi connectivity index (χ1n) is 9.82. The number of fused-ring (bicyclic) bond motifs is 1. The van der Waals surface area contributed by atoms with Gasteiger partial charge in [-0.3, -0.25) is 0 Å². The molecule has 160 valence electrons. The Balaban J connectivity index is 1.95. The molecule has 3 aromatic rings. The Kier molecular flexibility index (Phi) is 8.05. The molecule has 9 heteroatoms. The number of aryl methyl sites for hydroxylation is 1. The Bertz CT molecular complexity index is 1050. The molecular formula is C21H27ClN6S2. The maximum Gasteiger partial charge on any atom is 0.175 e. The number of benzene rings is 1. The number of rotatable bonds is 9. The zero-order chi connectivity index (χ0) is 21.7. The number of anilines is 1. The van der Waals surface area contributed by atoms with E-state index < -0.39 is 0 Å². The van der Waals surface area contributed by atoms with Gasteiger partial charge in [0.15, 0.2) is 22.1 Å². The number of hydrogen-bond acceptors (Lipinski definition) is 7. The van der Waals surface area contributed by atoms with Crippen LogP contribution in [0.3, 0.4) is 0 Å². The third kappa shape index (κ3) is 5.49. The van der Waals surface area contributed by atoms with E-state index in [-0.39, 0.29) is 0 Å². The van der Waals surface area contributed by atoms with Crippen molar-refractivity contribution in [2.45, 2.75) is 49.8 Å². The third-order valence-corrected chi connectivity index (χ3v) is 6.58. The quantitative estimate of drug-likeness (QED) is 0.416. The zero-order valence-corrected chi connectivity index (χ0v) is 20.0. The number of thioether (sulfide) groups is 1. The van der Waals surface area contributed by atoms with E-state index in [1.807, 2.05) is 19.1 Å². The molecule has 0 radical (unpaired) electrons. The van der Waals surface area contributed by atoms with E-state index in [1.165, 1.54) is 11.2 Å². The first-order valence-corrected chi connectivity index (χ1v) is 12.2. The summed E-state index contributed by atoms with van der Waals surface area (Å²) in [5, 5.41) is 4.99. The Morgan fingerprint density at radius 1 is 1.30 bits per heavy atom. The Labute approximate surface area is 191 Å². The zero-order valence-electron chi connectivity index (χ0n) is 17.6. The highest BCUT2D eigenvalue weighted by Gasteiger charge is 2.16. The number of nitrogens with one attached hydrogen (secondary N) is 1. The predicted molar refractivity (Wildman–Crippen MR) is 130 cm³/mol. The van der Waals surface area contributed by atoms with Crippen molar-refractivity contribution in [2.24, 2.45) is 0 Å². The fourth-order valence-electron chi connectivity index (χ4n) is 3.11. The van der Waals surface area contributed by atoms with Gasteiger partial charge in [0.1, 0.15) is 6.33 Å². The van der Waals surface area contributed by atoms with Crippen molar-refractivity contribution < 1.29 is 0 Å². The molecule has 0 saturated carbocycles. The van der Waals surface area contributed by atoms with Crippen LogP contribution in [0.25, 0.3) is 16.1 Å². The molecule has 30 heavy (non-hydrogen) atoms. The van der Waals surface area contributed by atoms with Gasteiger partial charge in [-0.2, -0.15) is 0 Å². The molecule has 0 aliphatic carbocycles. The second-order valence-corrected chi connectivity index (χ2v) is 9.40. The number of hydrogen-bond donors (Lipinski definition) is 2. The summed E-state index contributed by atoms with van der Waals surface area (Å²) < 4.78 is 2.12. The van der Waals surface area contributed by atoms with Gasteiger partial charge < -0.3 is 15.6 Å². The molecule has 3 rings (SSSR count). The lowest BCUT2D eigenvalue weighted by atomic mass is 10.2. The molecular weight excluding hydrogens is 436 g/mol. The molecule has 2 aromatic heterocycles. The maximum atomic E-state index is 6.42. The molecule has 0 aliphatic rings. The van der Waals surface area contributed by atoms with Crippen molar-refractivity contribution in [3.8, 4) is 0 Å². The van der Waals surface area contributed by atoms with E-state index in [9.17, 15) is 0 Å². The summed E-state index contributed by atoms with van der Waals surface area (Å²) in [5.74, 6) is 0.395. The minimum atomic E-state index is 0.395. The Morgan fingerprint density at radius 3 is 2.80 bits per heavy atom. The highest BCUT2D eigenvalue weighted by atomic mass is 35.5. The van der Waals surface area contributed by atoms with Gasteiger partial charge in [0.25, 0.3) is 0 Å². The summed E-state index contributed by atoms with van der Waals surface area (Å²) in [5.41, 5.74) is 8.57. The number of imidazole rings is 1. The van der Waals surface area contributed by atoms with Crippen molar-refractivity contribution in [1.82, 2.24) is 24.8 Å². The first kappa shape index (κ1) is 22.9. The largest absolute Gasteiger partial charge is 0.382 e. The summed E-state index contributed by atoms with van der Waals surface area (Å²) in [6, 6.07) is 6.55. The molecule has 1 aromatic carbocycles. The number of halogens is 1. The average Bonchev–Trinajstić information content (AvgIpc) is 3.04. The van der Waals surface area contributed by atoms with Gasteiger partial charge in [-0.25, -0.2) is 15.0 Å². The maximum absolute atomic E-state index is 6.42.